The van der Waals surface area contributed by atoms with Crippen molar-refractivity contribution in [3.63, 3.8) is 0 Å². The highest BCUT2D eigenvalue weighted by Gasteiger charge is 2.20. The van der Waals surface area contributed by atoms with Gasteiger partial charge in [-0.25, -0.2) is 4.99 Å². The Kier molecular flexibility index (Phi) is 9.12. The number of carbonyl (C=O) groups is 1. The highest BCUT2D eigenvalue weighted by atomic mass is 127. The SMILES string of the molecule is CCNC(=NCC(=O)N1CCCCC1)N1CCC(C)CC1.I. The van der Waals surface area contributed by atoms with Crippen molar-refractivity contribution in [2.45, 2.75) is 46.0 Å². The third-order valence-electron chi connectivity index (χ3n) is 4.49. The van der Waals surface area contributed by atoms with Crippen molar-refractivity contribution in [2.75, 3.05) is 39.3 Å². The van der Waals surface area contributed by atoms with Gasteiger partial charge in [0.15, 0.2) is 5.96 Å². The van der Waals surface area contributed by atoms with Crippen molar-refractivity contribution in [1.82, 2.24) is 15.1 Å². The van der Waals surface area contributed by atoms with Crippen LogP contribution in [0.5, 0.6) is 0 Å². The predicted molar refractivity (Wildman–Crippen MR) is 102 cm³/mol. The zero-order chi connectivity index (χ0) is 15.1. The van der Waals surface area contributed by atoms with Crippen LogP contribution in [0.3, 0.4) is 0 Å². The van der Waals surface area contributed by atoms with Gasteiger partial charge in [-0.15, -0.1) is 24.0 Å². The fourth-order valence-corrected chi connectivity index (χ4v) is 3.03. The summed E-state index contributed by atoms with van der Waals surface area (Å²) in [5.41, 5.74) is 0. The van der Waals surface area contributed by atoms with Crippen LogP contribution in [-0.2, 0) is 4.79 Å². The first-order valence-corrected chi connectivity index (χ1v) is 8.51. The monoisotopic (exact) mass is 422 g/mol. The third kappa shape index (κ3) is 5.93. The summed E-state index contributed by atoms with van der Waals surface area (Å²) in [5.74, 6) is 1.89. The van der Waals surface area contributed by atoms with Crippen LogP contribution >= 0.6 is 24.0 Å². The number of amides is 1. The van der Waals surface area contributed by atoms with Gasteiger partial charge < -0.3 is 15.1 Å². The molecule has 2 rings (SSSR count). The van der Waals surface area contributed by atoms with E-state index < -0.39 is 0 Å². The van der Waals surface area contributed by atoms with Crippen molar-refractivity contribution in [3.05, 3.63) is 0 Å². The molecule has 0 aromatic heterocycles. The molecule has 2 aliphatic heterocycles. The van der Waals surface area contributed by atoms with Crippen molar-refractivity contribution in [3.8, 4) is 0 Å². The summed E-state index contributed by atoms with van der Waals surface area (Å²) in [6.45, 7) is 9.43. The minimum absolute atomic E-state index is 0. The number of piperidine rings is 2. The second kappa shape index (κ2) is 10.3. The molecule has 6 heteroatoms. The van der Waals surface area contributed by atoms with Gasteiger partial charge in [0.25, 0.3) is 0 Å². The van der Waals surface area contributed by atoms with Gasteiger partial charge in [-0.05, 0) is 44.9 Å². The molecule has 5 nitrogen and oxygen atoms in total. The normalized spacial score (nSPS) is 20.5. The number of likely N-dealkylation sites (tertiary alicyclic amines) is 2. The summed E-state index contributed by atoms with van der Waals surface area (Å²) in [6, 6.07) is 0. The Labute approximate surface area is 151 Å². The molecule has 0 spiro atoms. The molecular formula is C16H31IN4O. The second-order valence-corrected chi connectivity index (χ2v) is 6.28. The van der Waals surface area contributed by atoms with Gasteiger partial charge in [-0.2, -0.15) is 0 Å². The molecule has 2 aliphatic rings. The molecule has 2 fully saturated rings. The van der Waals surface area contributed by atoms with Crippen molar-refractivity contribution in [2.24, 2.45) is 10.9 Å². The van der Waals surface area contributed by atoms with E-state index in [1.54, 1.807) is 0 Å². The van der Waals surface area contributed by atoms with E-state index >= 15 is 0 Å². The molecule has 0 radical (unpaired) electrons. The predicted octanol–water partition coefficient (Wildman–Crippen LogP) is 2.31. The molecule has 2 saturated heterocycles. The first kappa shape index (κ1) is 19.5. The third-order valence-corrected chi connectivity index (χ3v) is 4.49. The minimum atomic E-state index is 0. The van der Waals surface area contributed by atoms with Gasteiger partial charge in [0, 0.05) is 32.7 Å². The lowest BCUT2D eigenvalue weighted by molar-refractivity contribution is -0.130. The Morgan fingerprint density at radius 3 is 2.32 bits per heavy atom. The Hall–Kier alpha value is -0.530. The van der Waals surface area contributed by atoms with Gasteiger partial charge in [0.1, 0.15) is 6.54 Å². The maximum Gasteiger partial charge on any atom is 0.244 e. The fourth-order valence-electron chi connectivity index (χ4n) is 3.03. The van der Waals surface area contributed by atoms with Crippen LogP contribution in [0.15, 0.2) is 4.99 Å². The van der Waals surface area contributed by atoms with Crippen LogP contribution in [0.1, 0.15) is 46.0 Å². The molecule has 2 heterocycles. The summed E-state index contributed by atoms with van der Waals surface area (Å²) in [4.78, 5) is 21.1. The summed E-state index contributed by atoms with van der Waals surface area (Å²) in [7, 11) is 0. The van der Waals surface area contributed by atoms with E-state index in [-0.39, 0.29) is 36.4 Å². The van der Waals surface area contributed by atoms with E-state index in [2.05, 4.69) is 29.1 Å². The summed E-state index contributed by atoms with van der Waals surface area (Å²) >= 11 is 0. The van der Waals surface area contributed by atoms with E-state index in [9.17, 15) is 4.79 Å². The molecule has 0 saturated carbocycles. The Morgan fingerprint density at radius 2 is 1.73 bits per heavy atom. The lowest BCUT2D eigenvalue weighted by atomic mass is 10.00. The van der Waals surface area contributed by atoms with Crippen LogP contribution in [-0.4, -0.2) is 60.9 Å². The quantitative estimate of drug-likeness (QED) is 0.432. The number of hydrogen-bond donors (Lipinski definition) is 1. The molecule has 22 heavy (non-hydrogen) atoms. The molecule has 0 aliphatic carbocycles. The number of halogens is 1. The largest absolute Gasteiger partial charge is 0.357 e. The zero-order valence-corrected chi connectivity index (χ0v) is 16.3. The highest BCUT2D eigenvalue weighted by Crippen LogP contribution is 2.16. The van der Waals surface area contributed by atoms with Gasteiger partial charge in [-0.1, -0.05) is 6.92 Å². The number of nitrogens with zero attached hydrogens (tertiary/aromatic N) is 3. The van der Waals surface area contributed by atoms with Crippen LogP contribution in [0.2, 0.25) is 0 Å². The van der Waals surface area contributed by atoms with Crippen molar-refractivity contribution >= 4 is 35.8 Å². The maximum absolute atomic E-state index is 12.2. The first-order chi connectivity index (χ1) is 10.2. The van der Waals surface area contributed by atoms with E-state index in [4.69, 9.17) is 0 Å². The molecule has 0 aromatic rings. The summed E-state index contributed by atoms with van der Waals surface area (Å²) in [6.07, 6.45) is 5.95. The number of carbonyl (C=O) groups excluding carboxylic acids is 1. The maximum atomic E-state index is 12.2. The second-order valence-electron chi connectivity index (χ2n) is 6.28. The summed E-state index contributed by atoms with van der Waals surface area (Å²) in [5, 5.41) is 3.33. The van der Waals surface area contributed by atoms with E-state index in [0.29, 0.717) is 0 Å². The van der Waals surface area contributed by atoms with Crippen molar-refractivity contribution in [1.29, 1.82) is 0 Å². The van der Waals surface area contributed by atoms with Crippen LogP contribution in [0.25, 0.3) is 0 Å². The minimum Gasteiger partial charge on any atom is -0.357 e. The number of nitrogens with one attached hydrogen (secondary N) is 1. The first-order valence-electron chi connectivity index (χ1n) is 8.51. The van der Waals surface area contributed by atoms with Crippen LogP contribution in [0.4, 0.5) is 0 Å². The molecular weight excluding hydrogens is 391 g/mol. The zero-order valence-electron chi connectivity index (χ0n) is 14.0. The number of aliphatic imine (C=N–C) groups is 1. The number of guanidine groups is 1. The highest BCUT2D eigenvalue weighted by molar-refractivity contribution is 14.0. The van der Waals surface area contributed by atoms with Gasteiger partial charge in [-0.3, -0.25) is 4.79 Å². The smallest absolute Gasteiger partial charge is 0.244 e. The molecule has 128 valence electrons. The van der Waals surface area contributed by atoms with Gasteiger partial charge in [0.2, 0.25) is 5.91 Å². The van der Waals surface area contributed by atoms with E-state index in [0.717, 1.165) is 57.4 Å². The molecule has 0 atom stereocenters. The Balaban J connectivity index is 0.00000242. The molecule has 0 bridgehead atoms. The standard InChI is InChI=1S/C16H30N4O.HI/c1-3-17-16(20-11-7-14(2)8-12-20)18-13-15(21)19-9-5-4-6-10-19;/h14H,3-13H2,1-2H3,(H,17,18);1H. The lowest BCUT2D eigenvalue weighted by Crippen LogP contribution is -2.46. The topological polar surface area (TPSA) is 47.9 Å². The molecule has 1 N–H and O–H groups in total. The number of hydrogen-bond acceptors (Lipinski definition) is 2. The Bertz CT molecular complexity index is 361. The lowest BCUT2D eigenvalue weighted by Gasteiger charge is -2.33. The number of rotatable bonds is 3. The molecule has 0 aromatic carbocycles. The van der Waals surface area contributed by atoms with E-state index in [1.165, 1.54) is 19.3 Å². The molecule has 1 amide bonds. The average Bonchev–Trinajstić information content (AvgIpc) is 2.53. The van der Waals surface area contributed by atoms with Gasteiger partial charge in [0.05, 0.1) is 0 Å². The fraction of sp³-hybridized carbons (Fsp3) is 0.875. The van der Waals surface area contributed by atoms with Crippen LogP contribution in [0, 0.1) is 5.92 Å². The molecule has 0 unspecified atom stereocenters. The Morgan fingerprint density at radius 1 is 1.09 bits per heavy atom. The van der Waals surface area contributed by atoms with Crippen LogP contribution < -0.4 is 5.32 Å². The summed E-state index contributed by atoms with van der Waals surface area (Å²) < 4.78 is 0. The van der Waals surface area contributed by atoms with Crippen molar-refractivity contribution < 1.29 is 4.79 Å². The van der Waals surface area contributed by atoms with E-state index in [1.807, 2.05) is 4.90 Å². The average molecular weight is 422 g/mol. The van der Waals surface area contributed by atoms with Gasteiger partial charge >= 0.3 is 0 Å².